The number of aryl methyl sites for hydroxylation is 2. The van der Waals surface area contributed by atoms with E-state index in [1.54, 1.807) is 0 Å². The summed E-state index contributed by atoms with van der Waals surface area (Å²) in [5.74, 6) is 0.949. The van der Waals surface area contributed by atoms with Crippen LogP contribution in [0, 0.1) is 19.8 Å². The second-order valence-electron chi connectivity index (χ2n) is 3.99. The molecule has 90 valence electrons. The van der Waals surface area contributed by atoms with Gasteiger partial charge in [-0.2, -0.15) is 5.10 Å². The number of hydrogen-bond donors (Lipinski definition) is 1. The van der Waals surface area contributed by atoms with E-state index in [-0.39, 0.29) is 7.43 Å². The van der Waals surface area contributed by atoms with Crippen molar-refractivity contribution in [1.29, 1.82) is 0 Å². The van der Waals surface area contributed by atoms with Crippen LogP contribution >= 0.6 is 0 Å². The molecule has 2 heteroatoms. The Bertz CT molecular complexity index is 212. The number of nitrogens with zero attached hydrogens (tertiary/aromatic N) is 1. The Morgan fingerprint density at radius 1 is 1.33 bits per heavy atom. The summed E-state index contributed by atoms with van der Waals surface area (Å²) >= 11 is 0. The highest BCUT2D eigenvalue weighted by molar-refractivity contribution is 5.03. The van der Waals surface area contributed by atoms with Crippen molar-refractivity contribution < 1.29 is 0 Å². The van der Waals surface area contributed by atoms with Gasteiger partial charge in [-0.1, -0.05) is 47.5 Å². The van der Waals surface area contributed by atoms with E-state index in [1.807, 2.05) is 19.9 Å². The predicted octanol–water partition coefficient (Wildman–Crippen LogP) is 4.50. The minimum Gasteiger partial charge on any atom is -0.283 e. The lowest BCUT2D eigenvalue weighted by atomic mass is 10.0. The molecular weight excluding hydrogens is 184 g/mol. The van der Waals surface area contributed by atoms with Crippen LogP contribution in [-0.2, 0) is 0 Å². The molecule has 15 heavy (non-hydrogen) atoms. The number of H-pyrrole nitrogens is 1. The van der Waals surface area contributed by atoms with Gasteiger partial charge >= 0.3 is 0 Å². The summed E-state index contributed by atoms with van der Waals surface area (Å²) in [6.45, 7) is 10.7. The van der Waals surface area contributed by atoms with Crippen LogP contribution < -0.4 is 0 Å². The van der Waals surface area contributed by atoms with Gasteiger partial charge in [0.25, 0.3) is 0 Å². The van der Waals surface area contributed by atoms with E-state index in [1.165, 1.54) is 19.3 Å². The smallest absolute Gasteiger partial charge is 0.0593 e. The summed E-state index contributed by atoms with van der Waals surface area (Å²) in [7, 11) is 0. The molecule has 2 nitrogen and oxygen atoms in total. The third kappa shape index (κ3) is 9.51. The van der Waals surface area contributed by atoms with Gasteiger partial charge < -0.3 is 0 Å². The van der Waals surface area contributed by atoms with Gasteiger partial charge in [0.1, 0.15) is 0 Å². The van der Waals surface area contributed by atoms with Gasteiger partial charge in [0.15, 0.2) is 0 Å². The van der Waals surface area contributed by atoms with E-state index < -0.39 is 0 Å². The highest BCUT2D eigenvalue weighted by Gasteiger charge is 1.92. The first-order valence-corrected chi connectivity index (χ1v) is 5.58. The van der Waals surface area contributed by atoms with Gasteiger partial charge in [-0.3, -0.25) is 5.10 Å². The van der Waals surface area contributed by atoms with Crippen molar-refractivity contribution in [1.82, 2.24) is 10.2 Å². The second-order valence-corrected chi connectivity index (χ2v) is 3.99. The Morgan fingerprint density at radius 2 is 1.93 bits per heavy atom. The van der Waals surface area contributed by atoms with E-state index in [2.05, 4.69) is 31.0 Å². The molecule has 1 aromatic heterocycles. The van der Waals surface area contributed by atoms with Crippen molar-refractivity contribution in [3.8, 4) is 0 Å². The molecule has 0 spiro atoms. The van der Waals surface area contributed by atoms with Gasteiger partial charge in [-0.15, -0.1) is 0 Å². The first kappa shape index (κ1) is 16.6. The number of rotatable bonds is 3. The molecular formula is C13H28N2. The SMILES string of the molecule is C.CCCC(C)CC.Cc1cc(C)[nH]n1. The maximum Gasteiger partial charge on any atom is 0.0593 e. The molecule has 1 atom stereocenters. The minimum atomic E-state index is 0. The van der Waals surface area contributed by atoms with Crippen LogP contribution in [0.3, 0.4) is 0 Å². The van der Waals surface area contributed by atoms with Gasteiger partial charge in [0.05, 0.1) is 5.69 Å². The van der Waals surface area contributed by atoms with E-state index >= 15 is 0 Å². The largest absolute Gasteiger partial charge is 0.283 e. The normalized spacial score (nSPS) is 11.0. The Balaban J connectivity index is 0. The Hall–Kier alpha value is -0.790. The summed E-state index contributed by atoms with van der Waals surface area (Å²) in [5, 5.41) is 6.71. The van der Waals surface area contributed by atoms with Crippen LogP contribution in [0.5, 0.6) is 0 Å². The van der Waals surface area contributed by atoms with E-state index in [4.69, 9.17) is 0 Å². The molecule has 0 bridgehead atoms. The lowest BCUT2D eigenvalue weighted by Crippen LogP contribution is -1.88. The average molecular weight is 212 g/mol. The first-order valence-electron chi connectivity index (χ1n) is 5.58. The highest BCUT2D eigenvalue weighted by atomic mass is 15.1. The van der Waals surface area contributed by atoms with Crippen molar-refractivity contribution in [2.75, 3.05) is 0 Å². The van der Waals surface area contributed by atoms with Crippen LogP contribution in [0.1, 0.15) is 58.8 Å². The van der Waals surface area contributed by atoms with Crippen molar-refractivity contribution in [3.05, 3.63) is 17.5 Å². The molecule has 0 saturated heterocycles. The van der Waals surface area contributed by atoms with Gasteiger partial charge in [-0.25, -0.2) is 0 Å². The summed E-state index contributed by atoms with van der Waals surface area (Å²) in [5.41, 5.74) is 2.18. The van der Waals surface area contributed by atoms with Crippen LogP contribution in [0.4, 0.5) is 0 Å². The van der Waals surface area contributed by atoms with E-state index in [0.717, 1.165) is 17.3 Å². The molecule has 0 saturated carbocycles. The Kier molecular flexibility index (Phi) is 10.8. The number of aromatic amines is 1. The van der Waals surface area contributed by atoms with Crippen LogP contribution in [0.2, 0.25) is 0 Å². The van der Waals surface area contributed by atoms with Crippen molar-refractivity contribution >= 4 is 0 Å². The van der Waals surface area contributed by atoms with Gasteiger partial charge in [0, 0.05) is 5.69 Å². The summed E-state index contributed by atoms with van der Waals surface area (Å²) < 4.78 is 0. The third-order valence-corrected chi connectivity index (χ3v) is 2.31. The molecule has 1 heterocycles. The summed E-state index contributed by atoms with van der Waals surface area (Å²) in [6, 6.07) is 2.00. The summed E-state index contributed by atoms with van der Waals surface area (Å²) in [4.78, 5) is 0. The first-order chi connectivity index (χ1) is 6.60. The van der Waals surface area contributed by atoms with E-state index in [9.17, 15) is 0 Å². The molecule has 0 aliphatic heterocycles. The van der Waals surface area contributed by atoms with Crippen molar-refractivity contribution in [2.24, 2.45) is 5.92 Å². The Labute approximate surface area is 95.5 Å². The molecule has 1 N–H and O–H groups in total. The quantitative estimate of drug-likeness (QED) is 0.785. The fourth-order valence-corrected chi connectivity index (χ4v) is 1.25. The molecule has 0 fully saturated rings. The fraction of sp³-hybridized carbons (Fsp3) is 0.769. The lowest BCUT2D eigenvalue weighted by Gasteiger charge is -2.02. The molecule has 1 unspecified atom stereocenters. The minimum absolute atomic E-state index is 0. The second kappa shape index (κ2) is 9.75. The number of hydrogen-bond acceptors (Lipinski definition) is 1. The fourth-order valence-electron chi connectivity index (χ4n) is 1.25. The standard InChI is InChI=1S/C7H16.C5H8N2.CH4/c1-4-6-7(3)5-2;1-4-3-5(2)7-6-4;/h7H,4-6H2,1-3H3;3H,1-2H3,(H,6,7);1H4. The summed E-state index contributed by atoms with van der Waals surface area (Å²) in [6.07, 6.45) is 4.08. The van der Waals surface area contributed by atoms with Crippen LogP contribution in [0.15, 0.2) is 6.07 Å². The molecule has 0 amide bonds. The molecule has 0 radical (unpaired) electrons. The zero-order chi connectivity index (χ0) is 11.0. The zero-order valence-corrected chi connectivity index (χ0v) is 10.2. The lowest BCUT2D eigenvalue weighted by molar-refractivity contribution is 0.509. The zero-order valence-electron chi connectivity index (χ0n) is 10.2. The molecule has 0 aliphatic rings. The Morgan fingerprint density at radius 3 is 2.07 bits per heavy atom. The monoisotopic (exact) mass is 212 g/mol. The van der Waals surface area contributed by atoms with Crippen molar-refractivity contribution in [3.63, 3.8) is 0 Å². The highest BCUT2D eigenvalue weighted by Crippen LogP contribution is 2.07. The van der Waals surface area contributed by atoms with E-state index in [0.29, 0.717) is 0 Å². The van der Waals surface area contributed by atoms with Crippen LogP contribution in [0.25, 0.3) is 0 Å². The maximum absolute atomic E-state index is 3.89. The average Bonchev–Trinajstić information content (AvgIpc) is 2.51. The van der Waals surface area contributed by atoms with Gasteiger partial charge in [-0.05, 0) is 25.8 Å². The number of aromatic nitrogens is 2. The predicted molar refractivity (Wildman–Crippen MR) is 69.2 cm³/mol. The topological polar surface area (TPSA) is 28.7 Å². The third-order valence-electron chi connectivity index (χ3n) is 2.31. The molecule has 1 rings (SSSR count). The number of nitrogens with one attached hydrogen (secondary N) is 1. The van der Waals surface area contributed by atoms with Crippen molar-refractivity contribution in [2.45, 2.75) is 61.3 Å². The van der Waals surface area contributed by atoms with Crippen LogP contribution in [-0.4, -0.2) is 10.2 Å². The maximum atomic E-state index is 3.89. The van der Waals surface area contributed by atoms with Gasteiger partial charge in [0.2, 0.25) is 0 Å². The molecule has 1 aromatic rings. The molecule has 0 aromatic carbocycles. The molecule has 0 aliphatic carbocycles.